The molecule has 22 heavy (non-hydrogen) atoms. The van der Waals surface area contributed by atoms with E-state index in [1.807, 2.05) is 0 Å². The number of H-pyrrole nitrogens is 1. The van der Waals surface area contributed by atoms with Crippen LogP contribution < -0.4 is 10.6 Å². The molecular formula is C18H29N3S. The number of benzene rings is 1. The Hall–Kier alpha value is -0.970. The van der Waals surface area contributed by atoms with Crippen molar-refractivity contribution in [3.05, 3.63) is 35.5 Å². The summed E-state index contributed by atoms with van der Waals surface area (Å²) in [5.74, 6) is 0.796. The van der Waals surface area contributed by atoms with Crippen LogP contribution in [0.4, 0.5) is 0 Å². The molecule has 0 atom stereocenters. The van der Waals surface area contributed by atoms with Crippen LogP contribution in [0.2, 0.25) is 0 Å². The lowest BCUT2D eigenvalue weighted by molar-refractivity contribution is 0.591. The molecule has 0 saturated carbocycles. The summed E-state index contributed by atoms with van der Waals surface area (Å²) in [6.45, 7) is 7.87. The minimum Gasteiger partial charge on any atom is -0.361 e. The summed E-state index contributed by atoms with van der Waals surface area (Å²) in [4.78, 5) is 3.32. The minimum atomic E-state index is 0.549. The van der Waals surface area contributed by atoms with E-state index in [2.05, 4.69) is 66.5 Å². The van der Waals surface area contributed by atoms with Gasteiger partial charge >= 0.3 is 0 Å². The predicted octanol–water partition coefficient (Wildman–Crippen LogP) is 3.51. The Morgan fingerprint density at radius 2 is 2.00 bits per heavy atom. The van der Waals surface area contributed by atoms with Crippen molar-refractivity contribution in [1.29, 1.82) is 0 Å². The lowest BCUT2D eigenvalue weighted by atomic mass is 10.1. The molecule has 1 aliphatic rings. The molecule has 1 aromatic heterocycles. The minimum absolute atomic E-state index is 0.549. The molecule has 3 nitrogen and oxygen atoms in total. The summed E-state index contributed by atoms with van der Waals surface area (Å²) in [7, 11) is 0. The zero-order valence-electron chi connectivity index (χ0n) is 13.8. The molecule has 0 radical (unpaired) electrons. The van der Waals surface area contributed by atoms with E-state index >= 15 is 0 Å². The molecule has 3 N–H and O–H groups in total. The van der Waals surface area contributed by atoms with Crippen molar-refractivity contribution < 1.29 is 0 Å². The van der Waals surface area contributed by atoms with E-state index in [9.17, 15) is 0 Å². The van der Waals surface area contributed by atoms with Crippen molar-refractivity contribution in [1.82, 2.24) is 15.6 Å². The highest BCUT2D eigenvalue weighted by molar-refractivity contribution is 7.79. The van der Waals surface area contributed by atoms with E-state index in [1.54, 1.807) is 0 Å². The first kappa shape index (κ1) is 17.4. The quantitative estimate of drug-likeness (QED) is 0.637. The molecule has 122 valence electrons. The summed E-state index contributed by atoms with van der Waals surface area (Å²) in [5, 5.41) is 8.01. The summed E-state index contributed by atoms with van der Waals surface area (Å²) in [5.41, 5.74) is 3.88. The van der Waals surface area contributed by atoms with Crippen molar-refractivity contribution in [2.24, 2.45) is 0 Å². The standard InChI is InChI=1S/C14H20N2S.C4H9N/c1-10(2)15-6-5-12-8-16-14-4-3-11(9-17)7-13(12)14;1-2-4-5-3-1/h3-4,7-8,10,15-17H,5-6,9H2,1-2H3;5H,1-4H2. The van der Waals surface area contributed by atoms with E-state index in [0.29, 0.717) is 6.04 Å². The normalized spacial score (nSPS) is 14.4. The van der Waals surface area contributed by atoms with Gasteiger partial charge in [0.15, 0.2) is 0 Å². The molecular weight excluding hydrogens is 290 g/mol. The van der Waals surface area contributed by atoms with Gasteiger partial charge in [-0.3, -0.25) is 0 Å². The summed E-state index contributed by atoms with van der Waals surface area (Å²) in [6.07, 6.45) is 5.96. The molecule has 0 bridgehead atoms. The van der Waals surface area contributed by atoms with Crippen LogP contribution in [0.15, 0.2) is 24.4 Å². The Morgan fingerprint density at radius 1 is 1.23 bits per heavy atom. The summed E-state index contributed by atoms with van der Waals surface area (Å²) < 4.78 is 0. The monoisotopic (exact) mass is 319 g/mol. The van der Waals surface area contributed by atoms with Crippen LogP contribution >= 0.6 is 12.6 Å². The Balaban J connectivity index is 0.000000299. The van der Waals surface area contributed by atoms with Crippen LogP contribution in [0.1, 0.15) is 37.8 Å². The van der Waals surface area contributed by atoms with Crippen LogP contribution in [0.3, 0.4) is 0 Å². The second kappa shape index (κ2) is 9.23. The lowest BCUT2D eigenvalue weighted by Crippen LogP contribution is -2.24. The first-order valence-corrected chi connectivity index (χ1v) is 8.98. The molecule has 1 fully saturated rings. The molecule has 0 aliphatic carbocycles. The van der Waals surface area contributed by atoms with Crippen LogP contribution in [0.25, 0.3) is 10.9 Å². The van der Waals surface area contributed by atoms with E-state index in [4.69, 9.17) is 0 Å². The van der Waals surface area contributed by atoms with Gasteiger partial charge < -0.3 is 15.6 Å². The summed E-state index contributed by atoms with van der Waals surface area (Å²) >= 11 is 4.33. The van der Waals surface area contributed by atoms with Crippen LogP contribution in [0.5, 0.6) is 0 Å². The van der Waals surface area contributed by atoms with Gasteiger partial charge in [-0.25, -0.2) is 0 Å². The molecule has 1 aromatic carbocycles. The Bertz CT molecular complexity index is 551. The third-order valence-corrected chi connectivity index (χ3v) is 4.28. The van der Waals surface area contributed by atoms with Crippen molar-refractivity contribution in [3.8, 4) is 0 Å². The Morgan fingerprint density at radius 3 is 2.59 bits per heavy atom. The van der Waals surface area contributed by atoms with Crippen molar-refractivity contribution in [2.75, 3.05) is 19.6 Å². The van der Waals surface area contributed by atoms with Crippen molar-refractivity contribution >= 4 is 23.5 Å². The smallest absolute Gasteiger partial charge is 0.0457 e. The predicted molar refractivity (Wildman–Crippen MR) is 99.9 cm³/mol. The SMILES string of the molecule is C1CCNC1.CC(C)NCCc1c[nH]c2ccc(CS)cc12. The number of aromatic amines is 1. The van der Waals surface area contributed by atoms with Gasteiger partial charge in [-0.1, -0.05) is 19.9 Å². The van der Waals surface area contributed by atoms with E-state index in [1.165, 1.54) is 48.0 Å². The van der Waals surface area contributed by atoms with Crippen LogP contribution in [-0.2, 0) is 12.2 Å². The zero-order chi connectivity index (χ0) is 15.8. The van der Waals surface area contributed by atoms with E-state index in [-0.39, 0.29) is 0 Å². The molecule has 0 amide bonds. The molecule has 2 heterocycles. The first-order valence-electron chi connectivity index (χ1n) is 8.34. The number of rotatable bonds is 5. The van der Waals surface area contributed by atoms with Crippen LogP contribution in [-0.4, -0.2) is 30.7 Å². The van der Waals surface area contributed by atoms with Crippen molar-refractivity contribution in [3.63, 3.8) is 0 Å². The average Bonchev–Trinajstić information content (AvgIpc) is 3.19. The zero-order valence-corrected chi connectivity index (χ0v) is 14.7. The third-order valence-electron chi connectivity index (χ3n) is 3.92. The highest BCUT2D eigenvalue weighted by atomic mass is 32.1. The maximum absolute atomic E-state index is 4.33. The van der Waals surface area contributed by atoms with Crippen molar-refractivity contribution in [2.45, 2.75) is 44.9 Å². The lowest BCUT2D eigenvalue weighted by Gasteiger charge is -2.07. The molecule has 2 aromatic rings. The molecule has 0 unspecified atom stereocenters. The van der Waals surface area contributed by atoms with E-state index < -0.39 is 0 Å². The van der Waals surface area contributed by atoms with Gasteiger partial charge in [0, 0.05) is 28.9 Å². The second-order valence-electron chi connectivity index (χ2n) is 6.17. The second-order valence-corrected chi connectivity index (χ2v) is 6.48. The average molecular weight is 320 g/mol. The number of fused-ring (bicyclic) bond motifs is 1. The Labute approximate surface area is 139 Å². The number of thiol groups is 1. The molecule has 0 spiro atoms. The Kier molecular flexibility index (Phi) is 7.30. The highest BCUT2D eigenvalue weighted by Gasteiger charge is 2.04. The summed E-state index contributed by atoms with van der Waals surface area (Å²) in [6, 6.07) is 7.06. The fourth-order valence-electron chi connectivity index (χ4n) is 2.65. The van der Waals surface area contributed by atoms with Gasteiger partial charge in [0.25, 0.3) is 0 Å². The molecule has 3 rings (SSSR count). The number of hydrogen-bond acceptors (Lipinski definition) is 3. The topological polar surface area (TPSA) is 39.8 Å². The van der Waals surface area contributed by atoms with E-state index in [0.717, 1.165) is 18.7 Å². The molecule has 4 heteroatoms. The van der Waals surface area contributed by atoms with Gasteiger partial charge in [0.05, 0.1) is 0 Å². The number of aromatic nitrogens is 1. The molecule has 1 aliphatic heterocycles. The van der Waals surface area contributed by atoms with Gasteiger partial charge in [-0.15, -0.1) is 0 Å². The maximum atomic E-state index is 4.33. The fourth-order valence-corrected chi connectivity index (χ4v) is 2.85. The first-order chi connectivity index (χ1) is 10.7. The maximum Gasteiger partial charge on any atom is 0.0457 e. The fraction of sp³-hybridized carbons (Fsp3) is 0.556. The number of hydrogen-bond donors (Lipinski definition) is 4. The third kappa shape index (κ3) is 5.34. The largest absolute Gasteiger partial charge is 0.361 e. The van der Waals surface area contributed by atoms with Gasteiger partial charge in [0.1, 0.15) is 0 Å². The van der Waals surface area contributed by atoms with Crippen LogP contribution in [0, 0.1) is 0 Å². The molecule has 1 saturated heterocycles. The highest BCUT2D eigenvalue weighted by Crippen LogP contribution is 2.21. The number of nitrogens with one attached hydrogen (secondary N) is 3. The van der Waals surface area contributed by atoms with Gasteiger partial charge in [-0.05, 0) is 62.2 Å². The van der Waals surface area contributed by atoms with Gasteiger partial charge in [0.2, 0.25) is 0 Å². The van der Waals surface area contributed by atoms with Gasteiger partial charge in [-0.2, -0.15) is 12.6 Å².